The maximum absolute atomic E-state index is 6.98. The number of hydrogen-bond donors (Lipinski definition) is 1. The average molecular weight is 217 g/mol. The summed E-state index contributed by atoms with van der Waals surface area (Å²) in [5, 5.41) is 6.98. The van der Waals surface area contributed by atoms with Gasteiger partial charge in [0, 0.05) is 0 Å². The van der Waals surface area contributed by atoms with E-state index in [1.807, 2.05) is 12.5 Å². The fourth-order valence-electron chi connectivity index (χ4n) is 0.144. The van der Waals surface area contributed by atoms with Crippen molar-refractivity contribution in [2.75, 3.05) is 12.5 Å². The fourth-order valence-corrected chi connectivity index (χ4v) is 1.29. The van der Waals surface area contributed by atoms with Gasteiger partial charge in [-0.25, -0.2) is 5.41 Å². The maximum Gasteiger partial charge on any atom is 0.407 e. The zero-order valence-electron chi connectivity index (χ0n) is 5.45. The lowest BCUT2D eigenvalue weighted by atomic mass is 11.4. The van der Waals surface area contributed by atoms with Crippen LogP contribution in [0.5, 0.6) is 0 Å². The molecule has 0 atom stereocenters. The Morgan fingerprint density at radius 1 is 1.10 bits per heavy atom. The SMILES string of the molecule is CSSOC(=N)OSSC. The van der Waals surface area contributed by atoms with Crippen LogP contribution >= 0.6 is 43.7 Å². The van der Waals surface area contributed by atoms with Gasteiger partial charge >= 0.3 is 6.08 Å². The Morgan fingerprint density at radius 2 is 1.50 bits per heavy atom. The summed E-state index contributed by atoms with van der Waals surface area (Å²) in [6, 6.07) is 0. The Labute approximate surface area is 76.1 Å². The number of hydrogen-bond acceptors (Lipinski definition) is 7. The topological polar surface area (TPSA) is 42.3 Å². The zero-order valence-corrected chi connectivity index (χ0v) is 8.72. The summed E-state index contributed by atoms with van der Waals surface area (Å²) in [6.07, 6.45) is 3.55. The molecule has 0 heterocycles. The molecule has 0 saturated heterocycles. The molecule has 10 heavy (non-hydrogen) atoms. The molecule has 0 aliphatic carbocycles. The lowest BCUT2D eigenvalue weighted by Crippen LogP contribution is -1.95. The minimum Gasteiger partial charge on any atom is -0.364 e. The van der Waals surface area contributed by atoms with Crippen molar-refractivity contribution in [2.24, 2.45) is 0 Å². The first-order valence-corrected chi connectivity index (χ1v) is 7.11. The van der Waals surface area contributed by atoms with Crippen molar-refractivity contribution in [2.45, 2.75) is 0 Å². The van der Waals surface area contributed by atoms with Gasteiger partial charge in [0.1, 0.15) is 22.1 Å². The van der Waals surface area contributed by atoms with Crippen molar-refractivity contribution in [3.05, 3.63) is 0 Å². The van der Waals surface area contributed by atoms with Gasteiger partial charge < -0.3 is 8.37 Å². The third-order valence-electron chi connectivity index (χ3n) is 0.355. The Balaban J connectivity index is 3.09. The summed E-state index contributed by atoms with van der Waals surface area (Å²) in [5.41, 5.74) is 0. The first-order valence-electron chi connectivity index (χ1n) is 2.14. The van der Waals surface area contributed by atoms with E-state index in [0.717, 1.165) is 22.1 Å². The average Bonchev–Trinajstić information content (AvgIpc) is 1.97. The second kappa shape index (κ2) is 7.77. The lowest BCUT2D eigenvalue weighted by Gasteiger charge is -2.00. The maximum atomic E-state index is 6.98. The van der Waals surface area contributed by atoms with Crippen LogP contribution in [0.15, 0.2) is 0 Å². The van der Waals surface area contributed by atoms with Gasteiger partial charge in [-0.1, -0.05) is 21.6 Å². The van der Waals surface area contributed by atoms with Gasteiger partial charge in [-0.05, 0) is 12.5 Å². The van der Waals surface area contributed by atoms with E-state index in [-0.39, 0.29) is 6.08 Å². The third-order valence-corrected chi connectivity index (χ3v) is 2.29. The van der Waals surface area contributed by atoms with E-state index in [2.05, 4.69) is 0 Å². The van der Waals surface area contributed by atoms with Crippen molar-refractivity contribution >= 4 is 49.8 Å². The molecule has 0 aliphatic heterocycles. The van der Waals surface area contributed by atoms with Crippen LogP contribution < -0.4 is 0 Å². The number of nitrogens with one attached hydrogen (secondary N) is 1. The second-order valence-corrected chi connectivity index (χ2v) is 5.01. The Hall–Kier alpha value is 0.670. The van der Waals surface area contributed by atoms with Crippen molar-refractivity contribution in [3.8, 4) is 0 Å². The predicted octanol–water partition coefficient (Wildman–Crippen LogP) is 2.81. The summed E-state index contributed by atoms with van der Waals surface area (Å²) < 4.78 is 9.40. The molecule has 0 unspecified atom stereocenters. The summed E-state index contributed by atoms with van der Waals surface area (Å²) in [5.74, 6) is 0. The van der Waals surface area contributed by atoms with Crippen molar-refractivity contribution in [3.63, 3.8) is 0 Å². The van der Waals surface area contributed by atoms with E-state index in [0.29, 0.717) is 0 Å². The molecule has 0 bridgehead atoms. The van der Waals surface area contributed by atoms with E-state index in [4.69, 9.17) is 13.8 Å². The summed E-state index contributed by atoms with van der Waals surface area (Å²) >= 11 is 2.22. The first-order chi connectivity index (χ1) is 4.81. The predicted molar refractivity (Wildman–Crippen MR) is 52.1 cm³/mol. The molecule has 0 rings (SSSR count). The molecular formula is C3H7NO2S4. The van der Waals surface area contributed by atoms with Gasteiger partial charge in [0.2, 0.25) is 0 Å². The molecule has 0 fully saturated rings. The molecule has 7 heteroatoms. The number of rotatable bonds is 4. The highest BCUT2D eigenvalue weighted by Gasteiger charge is 1.98. The van der Waals surface area contributed by atoms with Crippen LogP contribution in [0.25, 0.3) is 0 Å². The van der Waals surface area contributed by atoms with Crippen LogP contribution in [0.3, 0.4) is 0 Å². The second-order valence-electron chi connectivity index (χ2n) is 0.924. The molecule has 0 aliphatic rings. The normalized spacial score (nSPS) is 9.00. The highest BCUT2D eigenvalue weighted by Crippen LogP contribution is 2.23. The molecule has 0 aromatic carbocycles. The van der Waals surface area contributed by atoms with Crippen LogP contribution in [-0.4, -0.2) is 18.6 Å². The first kappa shape index (κ1) is 10.7. The van der Waals surface area contributed by atoms with Crippen molar-refractivity contribution in [1.82, 2.24) is 0 Å². The quantitative estimate of drug-likeness (QED) is 0.338. The van der Waals surface area contributed by atoms with E-state index in [9.17, 15) is 0 Å². The largest absolute Gasteiger partial charge is 0.407 e. The van der Waals surface area contributed by atoms with Crippen molar-refractivity contribution in [1.29, 1.82) is 5.41 Å². The molecular weight excluding hydrogens is 210 g/mol. The molecule has 0 radical (unpaired) electrons. The van der Waals surface area contributed by atoms with Gasteiger partial charge in [-0.3, -0.25) is 0 Å². The highest BCUT2D eigenvalue weighted by atomic mass is 33.1. The standard InChI is InChI=1S/C3H7NO2S4/c1-7-9-5-3(4)6-10-8-2/h4H,1-2H3. The summed E-state index contributed by atoms with van der Waals surface area (Å²) in [7, 11) is 2.84. The molecule has 0 aromatic rings. The molecule has 1 N–H and O–H groups in total. The highest BCUT2D eigenvalue weighted by molar-refractivity contribution is 8.75. The minimum atomic E-state index is -0.168. The lowest BCUT2D eigenvalue weighted by molar-refractivity contribution is 0.462. The summed E-state index contributed by atoms with van der Waals surface area (Å²) in [6.45, 7) is 0. The van der Waals surface area contributed by atoms with E-state index in [1.165, 1.54) is 21.6 Å². The molecule has 0 amide bonds. The smallest absolute Gasteiger partial charge is 0.364 e. The van der Waals surface area contributed by atoms with Gasteiger partial charge in [0.15, 0.2) is 0 Å². The Bertz CT molecular complexity index is 90.5. The molecule has 0 aromatic heterocycles. The third kappa shape index (κ3) is 6.79. The van der Waals surface area contributed by atoms with E-state index < -0.39 is 0 Å². The van der Waals surface area contributed by atoms with E-state index in [1.54, 1.807) is 0 Å². The van der Waals surface area contributed by atoms with Crippen LogP contribution in [-0.2, 0) is 8.37 Å². The van der Waals surface area contributed by atoms with Gasteiger partial charge in [-0.15, -0.1) is 0 Å². The van der Waals surface area contributed by atoms with Gasteiger partial charge in [0.05, 0.1) is 0 Å². The Morgan fingerprint density at radius 3 is 1.80 bits per heavy atom. The fraction of sp³-hybridized carbons (Fsp3) is 0.667. The molecule has 0 saturated carbocycles. The monoisotopic (exact) mass is 217 g/mol. The van der Waals surface area contributed by atoms with Crippen LogP contribution in [0, 0.1) is 5.41 Å². The summed E-state index contributed by atoms with van der Waals surface area (Å²) in [4.78, 5) is 0. The Kier molecular flexibility index (Phi) is 8.29. The van der Waals surface area contributed by atoms with Crippen LogP contribution in [0.1, 0.15) is 0 Å². The van der Waals surface area contributed by atoms with Gasteiger partial charge in [0.25, 0.3) is 0 Å². The molecule has 3 nitrogen and oxygen atoms in total. The van der Waals surface area contributed by atoms with E-state index >= 15 is 0 Å². The van der Waals surface area contributed by atoms with Crippen molar-refractivity contribution < 1.29 is 8.37 Å². The van der Waals surface area contributed by atoms with Gasteiger partial charge in [-0.2, -0.15) is 0 Å². The minimum absolute atomic E-state index is 0.168. The van der Waals surface area contributed by atoms with Crippen LogP contribution in [0.2, 0.25) is 0 Å². The zero-order chi connectivity index (χ0) is 7.82. The van der Waals surface area contributed by atoms with Crippen LogP contribution in [0.4, 0.5) is 0 Å². The molecule has 60 valence electrons. The molecule has 0 spiro atoms.